The molecule has 0 fully saturated rings. The first-order valence-electron chi connectivity index (χ1n) is 14.2. The van der Waals surface area contributed by atoms with Crippen LogP contribution in [0.4, 0.5) is 0 Å². The summed E-state index contributed by atoms with van der Waals surface area (Å²) in [6, 6.07) is 21.3. The summed E-state index contributed by atoms with van der Waals surface area (Å²) < 4.78 is 5.22. The molecule has 4 N–H and O–H groups in total. The molecular formula is C33H42N4O5. The van der Waals surface area contributed by atoms with E-state index in [2.05, 4.69) is 21.3 Å². The van der Waals surface area contributed by atoms with E-state index in [4.69, 9.17) is 4.74 Å². The average molecular weight is 575 g/mol. The van der Waals surface area contributed by atoms with Gasteiger partial charge in [0.15, 0.2) is 0 Å². The Bertz CT molecular complexity index is 1350. The first kappa shape index (κ1) is 32.3. The van der Waals surface area contributed by atoms with Crippen molar-refractivity contribution in [3.63, 3.8) is 0 Å². The maximum absolute atomic E-state index is 13.4. The Morgan fingerprint density at radius 1 is 0.762 bits per heavy atom. The fourth-order valence-electron chi connectivity index (χ4n) is 4.57. The smallest absolute Gasteiger partial charge is 0.245 e. The van der Waals surface area contributed by atoms with Crippen LogP contribution < -0.4 is 21.3 Å². The number of benzene rings is 3. The van der Waals surface area contributed by atoms with E-state index in [0.29, 0.717) is 6.42 Å². The van der Waals surface area contributed by atoms with Crippen LogP contribution in [0.5, 0.6) is 0 Å². The van der Waals surface area contributed by atoms with Gasteiger partial charge in [0.05, 0.1) is 6.61 Å². The van der Waals surface area contributed by atoms with Crippen LogP contribution in [0.1, 0.15) is 51.2 Å². The molecule has 0 aromatic heterocycles. The van der Waals surface area contributed by atoms with Gasteiger partial charge in [0.2, 0.25) is 23.6 Å². The molecule has 0 spiro atoms. The summed E-state index contributed by atoms with van der Waals surface area (Å²) in [5.41, 5.74) is 1.51. The number of nitrogens with one attached hydrogen (secondary N) is 4. The number of methoxy groups -OCH3 is 1. The third kappa shape index (κ3) is 10.6. The SMILES string of the molecule is COC[C@H](NC(=O)[C@H](CCC(=O)NC(C)(C)C)NC(=O)CCc1ccccc1)C(=O)NCc1cccc2ccccc12. The van der Waals surface area contributed by atoms with Gasteiger partial charge in [-0.05, 0) is 55.5 Å². The molecule has 0 bridgehead atoms. The van der Waals surface area contributed by atoms with Crippen LogP contribution in [0.3, 0.4) is 0 Å². The van der Waals surface area contributed by atoms with Crippen molar-refractivity contribution in [2.75, 3.05) is 13.7 Å². The summed E-state index contributed by atoms with van der Waals surface area (Å²) >= 11 is 0. The largest absolute Gasteiger partial charge is 0.382 e. The van der Waals surface area contributed by atoms with Gasteiger partial charge >= 0.3 is 0 Å². The van der Waals surface area contributed by atoms with Gasteiger partial charge in [-0.2, -0.15) is 0 Å². The predicted octanol–water partition coefficient (Wildman–Crippen LogP) is 3.40. The maximum Gasteiger partial charge on any atom is 0.245 e. The van der Waals surface area contributed by atoms with Crippen LogP contribution in [0, 0.1) is 0 Å². The number of aryl methyl sites for hydroxylation is 1. The molecule has 2 atom stereocenters. The molecule has 4 amide bonds. The molecular weight excluding hydrogens is 532 g/mol. The van der Waals surface area contributed by atoms with Gasteiger partial charge < -0.3 is 26.0 Å². The Morgan fingerprint density at radius 3 is 2.17 bits per heavy atom. The second-order valence-electron chi connectivity index (χ2n) is 11.3. The summed E-state index contributed by atoms with van der Waals surface area (Å²) in [5.74, 6) is -1.54. The Hall–Kier alpha value is -4.24. The van der Waals surface area contributed by atoms with Crippen LogP contribution >= 0.6 is 0 Å². The Labute approximate surface area is 247 Å². The van der Waals surface area contributed by atoms with Crippen LogP contribution in [0.2, 0.25) is 0 Å². The van der Waals surface area contributed by atoms with Gasteiger partial charge in [0.1, 0.15) is 12.1 Å². The lowest BCUT2D eigenvalue weighted by atomic mass is 10.0. The van der Waals surface area contributed by atoms with Crippen molar-refractivity contribution in [2.24, 2.45) is 0 Å². The number of fused-ring (bicyclic) bond motifs is 1. The van der Waals surface area contributed by atoms with Crippen LogP contribution in [-0.2, 0) is 36.9 Å². The number of rotatable bonds is 14. The van der Waals surface area contributed by atoms with E-state index < -0.39 is 29.4 Å². The van der Waals surface area contributed by atoms with Crippen LogP contribution in [-0.4, -0.2) is 55.0 Å². The zero-order valence-electron chi connectivity index (χ0n) is 24.9. The van der Waals surface area contributed by atoms with Crippen molar-refractivity contribution in [1.82, 2.24) is 21.3 Å². The molecule has 0 unspecified atom stereocenters. The van der Waals surface area contributed by atoms with E-state index >= 15 is 0 Å². The number of amides is 4. The normalized spacial score (nSPS) is 12.7. The highest BCUT2D eigenvalue weighted by atomic mass is 16.5. The second-order valence-corrected chi connectivity index (χ2v) is 11.3. The Morgan fingerprint density at radius 2 is 1.45 bits per heavy atom. The van der Waals surface area contributed by atoms with Crippen LogP contribution in [0.25, 0.3) is 10.8 Å². The minimum Gasteiger partial charge on any atom is -0.382 e. The first-order valence-corrected chi connectivity index (χ1v) is 14.2. The number of hydrogen-bond donors (Lipinski definition) is 4. The number of carbonyl (C=O) groups excluding carboxylic acids is 4. The molecule has 0 aliphatic heterocycles. The van der Waals surface area contributed by atoms with E-state index in [0.717, 1.165) is 21.9 Å². The number of ether oxygens (including phenoxy) is 1. The average Bonchev–Trinajstić information content (AvgIpc) is 2.96. The molecule has 224 valence electrons. The fourth-order valence-corrected chi connectivity index (χ4v) is 4.57. The van der Waals surface area contributed by atoms with Gasteiger partial charge in [-0.1, -0.05) is 72.8 Å². The molecule has 0 radical (unpaired) electrons. The van der Waals surface area contributed by atoms with Gasteiger partial charge in [-0.3, -0.25) is 19.2 Å². The highest BCUT2D eigenvalue weighted by Crippen LogP contribution is 2.18. The monoisotopic (exact) mass is 574 g/mol. The van der Waals surface area contributed by atoms with Gasteiger partial charge in [0.25, 0.3) is 0 Å². The lowest BCUT2D eigenvalue weighted by molar-refractivity contribution is -0.133. The number of carbonyl (C=O) groups is 4. The molecule has 3 aromatic rings. The van der Waals surface area contributed by atoms with Crippen molar-refractivity contribution in [3.8, 4) is 0 Å². The van der Waals surface area contributed by atoms with Crippen molar-refractivity contribution in [3.05, 3.63) is 83.9 Å². The van der Waals surface area contributed by atoms with Gasteiger partial charge in [-0.15, -0.1) is 0 Å². The van der Waals surface area contributed by atoms with Crippen molar-refractivity contribution < 1.29 is 23.9 Å². The third-order valence-corrected chi connectivity index (χ3v) is 6.61. The van der Waals surface area contributed by atoms with Crippen molar-refractivity contribution >= 4 is 34.4 Å². The van der Waals surface area contributed by atoms with Gasteiger partial charge in [-0.25, -0.2) is 0 Å². The second kappa shape index (κ2) is 15.7. The fraction of sp³-hybridized carbons (Fsp3) is 0.394. The summed E-state index contributed by atoms with van der Waals surface area (Å²) in [6.07, 6.45) is 0.780. The zero-order chi connectivity index (χ0) is 30.5. The Balaban J connectivity index is 1.66. The highest BCUT2D eigenvalue weighted by molar-refractivity contribution is 5.93. The summed E-state index contributed by atoms with van der Waals surface area (Å²) in [4.78, 5) is 51.9. The molecule has 0 saturated carbocycles. The molecule has 0 aliphatic carbocycles. The number of hydrogen-bond acceptors (Lipinski definition) is 5. The lowest BCUT2D eigenvalue weighted by Crippen LogP contribution is -2.55. The van der Waals surface area contributed by atoms with E-state index in [1.807, 2.05) is 93.6 Å². The maximum atomic E-state index is 13.4. The van der Waals surface area contributed by atoms with Crippen LogP contribution in [0.15, 0.2) is 72.8 Å². The Kier molecular flexibility index (Phi) is 12.0. The highest BCUT2D eigenvalue weighted by Gasteiger charge is 2.28. The van der Waals surface area contributed by atoms with E-state index in [1.165, 1.54) is 7.11 Å². The van der Waals surface area contributed by atoms with Crippen molar-refractivity contribution in [1.29, 1.82) is 0 Å². The lowest BCUT2D eigenvalue weighted by Gasteiger charge is -2.24. The standard InChI is InChI=1S/C33H42N4O5/c1-33(2,3)37-30(39)20-18-27(35-29(38)19-17-23-11-6-5-7-12-23)32(41)36-28(22-42-4)31(40)34-21-25-15-10-14-24-13-8-9-16-26(24)25/h5-16,27-28H,17-22H2,1-4H3,(H,34,40)(H,35,38)(H,36,41)(H,37,39)/t27-,28-/m0/s1. The van der Waals surface area contributed by atoms with E-state index in [1.54, 1.807) is 0 Å². The molecule has 9 heteroatoms. The summed E-state index contributed by atoms with van der Waals surface area (Å²) in [6.45, 7) is 5.81. The first-order chi connectivity index (χ1) is 20.1. The van der Waals surface area contributed by atoms with E-state index in [9.17, 15) is 19.2 Å². The molecule has 0 saturated heterocycles. The van der Waals surface area contributed by atoms with Gasteiger partial charge in [0, 0.05) is 32.0 Å². The predicted molar refractivity (Wildman–Crippen MR) is 163 cm³/mol. The van der Waals surface area contributed by atoms with Crippen molar-refractivity contribution in [2.45, 2.75) is 70.6 Å². The molecule has 0 aliphatic rings. The summed E-state index contributed by atoms with van der Waals surface area (Å²) in [7, 11) is 1.44. The third-order valence-electron chi connectivity index (χ3n) is 6.61. The molecule has 9 nitrogen and oxygen atoms in total. The molecule has 3 aromatic carbocycles. The molecule has 42 heavy (non-hydrogen) atoms. The van der Waals surface area contributed by atoms with E-state index in [-0.39, 0.29) is 44.2 Å². The quantitative estimate of drug-likeness (QED) is 0.235. The minimum absolute atomic E-state index is 0.0243. The zero-order valence-corrected chi connectivity index (χ0v) is 24.9. The minimum atomic E-state index is -1.01. The summed E-state index contributed by atoms with van der Waals surface area (Å²) in [5, 5.41) is 13.3. The topological polar surface area (TPSA) is 126 Å². The molecule has 3 rings (SSSR count). The molecule has 0 heterocycles.